The second kappa shape index (κ2) is 6.54. The molecule has 1 aliphatic rings. The van der Waals surface area contributed by atoms with Gasteiger partial charge < -0.3 is 5.32 Å². The largest absolute Gasteiger partial charge is 0.336 e. The van der Waals surface area contributed by atoms with Gasteiger partial charge >= 0.3 is 6.03 Å². The van der Waals surface area contributed by atoms with Crippen molar-refractivity contribution in [2.45, 2.75) is 0 Å². The fourth-order valence-corrected chi connectivity index (χ4v) is 2.60. The van der Waals surface area contributed by atoms with E-state index in [1.165, 1.54) is 4.90 Å². The number of hydrogen-bond donors (Lipinski definition) is 1. The summed E-state index contributed by atoms with van der Waals surface area (Å²) in [6.07, 6.45) is 0. The van der Waals surface area contributed by atoms with Crippen LogP contribution in [0.2, 0.25) is 0 Å². The van der Waals surface area contributed by atoms with Crippen molar-refractivity contribution in [3.8, 4) is 0 Å². The summed E-state index contributed by atoms with van der Waals surface area (Å²) < 4.78 is 0. The Balaban J connectivity index is 1.57. The van der Waals surface area contributed by atoms with Gasteiger partial charge in [0.2, 0.25) is 0 Å². The van der Waals surface area contributed by atoms with Crippen LogP contribution in [0.1, 0.15) is 20.7 Å². The molecule has 0 bridgehead atoms. The number of nitrogens with one attached hydrogen (secondary N) is 1. The molecule has 122 valence electrons. The number of carbonyl (C=O) groups excluding carboxylic acids is 3. The highest BCUT2D eigenvalue weighted by molar-refractivity contribution is 6.21. The van der Waals surface area contributed by atoms with E-state index in [1.54, 1.807) is 31.3 Å². The maximum Gasteiger partial charge on any atom is 0.321 e. The Morgan fingerprint density at radius 1 is 0.958 bits per heavy atom. The van der Waals surface area contributed by atoms with Crippen LogP contribution < -0.4 is 10.2 Å². The van der Waals surface area contributed by atoms with Gasteiger partial charge in [0.25, 0.3) is 11.8 Å². The van der Waals surface area contributed by atoms with Crippen molar-refractivity contribution in [1.82, 2.24) is 10.2 Å². The second-order valence-electron chi connectivity index (χ2n) is 5.43. The van der Waals surface area contributed by atoms with E-state index in [4.69, 9.17) is 0 Å². The summed E-state index contributed by atoms with van der Waals surface area (Å²) in [5.74, 6) is -0.637. The molecule has 0 unspecified atom stereocenters. The summed E-state index contributed by atoms with van der Waals surface area (Å²) in [5, 5.41) is 2.72. The van der Waals surface area contributed by atoms with E-state index in [1.807, 2.05) is 30.3 Å². The zero-order valence-electron chi connectivity index (χ0n) is 13.2. The van der Waals surface area contributed by atoms with Gasteiger partial charge in [-0.3, -0.25) is 19.4 Å². The molecule has 0 aliphatic carbocycles. The number of carbonyl (C=O) groups is 3. The number of imide groups is 1. The van der Waals surface area contributed by atoms with Crippen molar-refractivity contribution in [2.75, 3.05) is 25.0 Å². The standard InChI is InChI=1S/C18H17N3O3/c1-20(13-7-3-2-4-8-13)18(24)19-11-12-21-16(22)14-9-5-6-10-15(14)17(21)23/h2-10H,11-12H2,1H3,(H,19,24). The lowest BCUT2D eigenvalue weighted by molar-refractivity contribution is 0.0656. The number of nitrogens with zero attached hydrogens (tertiary/aromatic N) is 2. The Hall–Kier alpha value is -3.15. The van der Waals surface area contributed by atoms with Crippen LogP contribution in [0.5, 0.6) is 0 Å². The first-order valence-electron chi connectivity index (χ1n) is 7.61. The molecule has 0 saturated carbocycles. The minimum absolute atomic E-state index is 0.140. The van der Waals surface area contributed by atoms with Crippen molar-refractivity contribution in [1.29, 1.82) is 0 Å². The monoisotopic (exact) mass is 323 g/mol. The number of para-hydroxylation sites is 1. The van der Waals surface area contributed by atoms with E-state index in [-0.39, 0.29) is 30.9 Å². The molecule has 3 rings (SSSR count). The topological polar surface area (TPSA) is 69.7 Å². The third kappa shape index (κ3) is 2.86. The summed E-state index contributed by atoms with van der Waals surface area (Å²) >= 11 is 0. The molecule has 1 N–H and O–H groups in total. The fourth-order valence-electron chi connectivity index (χ4n) is 2.60. The number of amides is 4. The molecular formula is C18H17N3O3. The van der Waals surface area contributed by atoms with Crippen LogP contribution in [0.15, 0.2) is 54.6 Å². The molecule has 6 heteroatoms. The van der Waals surface area contributed by atoms with Gasteiger partial charge in [-0.15, -0.1) is 0 Å². The van der Waals surface area contributed by atoms with E-state index < -0.39 is 0 Å². The zero-order chi connectivity index (χ0) is 17.1. The number of rotatable bonds is 4. The molecule has 2 aromatic carbocycles. The smallest absolute Gasteiger partial charge is 0.321 e. The van der Waals surface area contributed by atoms with Crippen molar-refractivity contribution in [2.24, 2.45) is 0 Å². The minimum atomic E-state index is -0.318. The molecule has 0 saturated heterocycles. The maximum absolute atomic E-state index is 12.2. The fraction of sp³-hybridized carbons (Fsp3) is 0.167. The molecule has 0 fully saturated rings. The van der Waals surface area contributed by atoms with Crippen LogP contribution in [0.4, 0.5) is 10.5 Å². The highest BCUT2D eigenvalue weighted by Gasteiger charge is 2.34. The lowest BCUT2D eigenvalue weighted by atomic mass is 10.1. The molecule has 1 heterocycles. The maximum atomic E-state index is 12.2. The van der Waals surface area contributed by atoms with E-state index >= 15 is 0 Å². The normalized spacial score (nSPS) is 13.0. The van der Waals surface area contributed by atoms with Gasteiger partial charge in [-0.2, -0.15) is 0 Å². The molecule has 24 heavy (non-hydrogen) atoms. The summed E-state index contributed by atoms with van der Waals surface area (Å²) in [4.78, 5) is 39.2. The predicted molar refractivity (Wildman–Crippen MR) is 90.1 cm³/mol. The van der Waals surface area contributed by atoms with Crippen molar-refractivity contribution in [3.63, 3.8) is 0 Å². The van der Waals surface area contributed by atoms with E-state index in [2.05, 4.69) is 5.32 Å². The average Bonchev–Trinajstić information content (AvgIpc) is 2.87. The molecule has 4 amide bonds. The predicted octanol–water partition coefficient (Wildman–Crippen LogP) is 2.13. The Labute approximate surface area is 139 Å². The first kappa shape index (κ1) is 15.7. The SMILES string of the molecule is CN(C(=O)NCCN1C(=O)c2ccccc2C1=O)c1ccccc1. The van der Waals surface area contributed by atoms with E-state index in [0.717, 1.165) is 10.6 Å². The molecule has 1 aliphatic heterocycles. The van der Waals surface area contributed by atoms with Crippen molar-refractivity contribution in [3.05, 3.63) is 65.7 Å². The number of urea groups is 1. The zero-order valence-corrected chi connectivity index (χ0v) is 13.2. The van der Waals surface area contributed by atoms with Crippen LogP contribution in [-0.2, 0) is 0 Å². The molecule has 0 atom stereocenters. The van der Waals surface area contributed by atoms with E-state index in [0.29, 0.717) is 11.1 Å². The first-order chi connectivity index (χ1) is 11.6. The van der Waals surface area contributed by atoms with Gasteiger partial charge in [0.1, 0.15) is 0 Å². The van der Waals surface area contributed by atoms with Crippen molar-refractivity contribution < 1.29 is 14.4 Å². The summed E-state index contributed by atoms with van der Waals surface area (Å²) in [6, 6.07) is 15.6. The van der Waals surface area contributed by atoms with Crippen LogP contribution >= 0.6 is 0 Å². The third-order valence-electron chi connectivity index (χ3n) is 3.94. The summed E-state index contributed by atoms with van der Waals surface area (Å²) in [7, 11) is 1.66. The highest BCUT2D eigenvalue weighted by Crippen LogP contribution is 2.21. The molecule has 6 nitrogen and oxygen atoms in total. The first-order valence-corrected chi connectivity index (χ1v) is 7.61. The Morgan fingerprint density at radius 2 is 1.50 bits per heavy atom. The highest BCUT2D eigenvalue weighted by atomic mass is 16.2. The molecule has 0 radical (unpaired) electrons. The molecule has 0 aromatic heterocycles. The number of hydrogen-bond acceptors (Lipinski definition) is 3. The van der Waals surface area contributed by atoms with Gasteiger partial charge in [-0.25, -0.2) is 4.79 Å². The number of benzene rings is 2. The van der Waals surface area contributed by atoms with Crippen LogP contribution in [0.25, 0.3) is 0 Å². The second-order valence-corrected chi connectivity index (χ2v) is 5.43. The van der Waals surface area contributed by atoms with Gasteiger partial charge in [0, 0.05) is 25.8 Å². The number of fused-ring (bicyclic) bond motifs is 1. The number of anilines is 1. The van der Waals surface area contributed by atoms with Gasteiger partial charge in [0.15, 0.2) is 0 Å². The average molecular weight is 323 g/mol. The molecule has 0 spiro atoms. The van der Waals surface area contributed by atoms with Crippen molar-refractivity contribution >= 4 is 23.5 Å². The van der Waals surface area contributed by atoms with E-state index in [9.17, 15) is 14.4 Å². The van der Waals surface area contributed by atoms with Crippen LogP contribution in [0, 0.1) is 0 Å². The quantitative estimate of drug-likeness (QED) is 0.876. The van der Waals surface area contributed by atoms with Crippen LogP contribution in [-0.4, -0.2) is 42.9 Å². The molecular weight excluding hydrogens is 306 g/mol. The van der Waals surface area contributed by atoms with Gasteiger partial charge in [-0.1, -0.05) is 30.3 Å². The molecule has 2 aromatic rings. The Kier molecular flexibility index (Phi) is 4.29. The third-order valence-corrected chi connectivity index (χ3v) is 3.94. The van der Waals surface area contributed by atoms with Gasteiger partial charge in [-0.05, 0) is 24.3 Å². The lowest BCUT2D eigenvalue weighted by Crippen LogP contribution is -2.42. The lowest BCUT2D eigenvalue weighted by Gasteiger charge is -2.19. The van der Waals surface area contributed by atoms with Crippen LogP contribution in [0.3, 0.4) is 0 Å². The Bertz CT molecular complexity index is 754. The summed E-state index contributed by atoms with van der Waals surface area (Å²) in [6.45, 7) is 0.336. The van der Waals surface area contributed by atoms with Gasteiger partial charge in [0.05, 0.1) is 11.1 Å². The minimum Gasteiger partial charge on any atom is -0.336 e. The Morgan fingerprint density at radius 3 is 2.08 bits per heavy atom. The summed E-state index contributed by atoms with van der Waals surface area (Å²) in [5.41, 5.74) is 1.58.